The highest BCUT2D eigenvalue weighted by Gasteiger charge is 2.37. The molecule has 1 aliphatic heterocycles. The minimum atomic E-state index is -1.01. The molecule has 3 aromatic carbocycles. The SMILES string of the molecule is CC(c1c[nH]c2ccccc12)C(NC(=O)N1CC(=O)N(c2ccccc2)C(=O)C1)C(=O)Nc1cccc(CN(C)C)c1. The second-order valence-corrected chi connectivity index (χ2v) is 10.7. The van der Waals surface area contributed by atoms with Crippen molar-refractivity contribution >= 4 is 46.0 Å². The molecule has 10 heteroatoms. The van der Waals surface area contributed by atoms with Gasteiger partial charge in [0, 0.05) is 35.2 Å². The molecule has 1 saturated heterocycles. The van der Waals surface area contributed by atoms with E-state index in [0.29, 0.717) is 17.9 Å². The fourth-order valence-electron chi connectivity index (χ4n) is 5.30. The number of anilines is 2. The minimum absolute atomic E-state index is 0.297. The van der Waals surface area contributed by atoms with Gasteiger partial charge in [0.1, 0.15) is 19.1 Å². The van der Waals surface area contributed by atoms with Crippen LogP contribution in [0.4, 0.5) is 16.2 Å². The molecule has 1 aliphatic rings. The third-order valence-corrected chi connectivity index (χ3v) is 7.32. The lowest BCUT2D eigenvalue weighted by Crippen LogP contribution is -2.60. The standard InChI is InChI=1S/C32H34N6O4/c1-21(26-17-33-27-15-8-7-14-25(26)27)30(31(41)34-23-11-9-10-22(16-23)18-36(2)3)35-32(42)37-19-28(39)38(29(40)20-37)24-12-5-4-6-13-24/h4-17,21,30,33H,18-20H2,1-3H3,(H,34,41)(H,35,42). The minimum Gasteiger partial charge on any atom is -0.361 e. The number of para-hydroxylation sites is 2. The number of nitrogens with zero attached hydrogens (tertiary/aromatic N) is 3. The number of aromatic amines is 1. The van der Waals surface area contributed by atoms with Gasteiger partial charge < -0.3 is 25.4 Å². The predicted octanol–water partition coefficient (Wildman–Crippen LogP) is 3.93. The van der Waals surface area contributed by atoms with Crippen molar-refractivity contribution in [2.45, 2.75) is 25.4 Å². The third-order valence-electron chi connectivity index (χ3n) is 7.32. The second kappa shape index (κ2) is 12.3. The van der Waals surface area contributed by atoms with Gasteiger partial charge in [-0.25, -0.2) is 9.69 Å². The summed E-state index contributed by atoms with van der Waals surface area (Å²) in [6.45, 7) is 1.97. The van der Waals surface area contributed by atoms with Crippen LogP contribution >= 0.6 is 0 Å². The van der Waals surface area contributed by atoms with Crippen molar-refractivity contribution in [2.24, 2.45) is 0 Å². The number of H-pyrrole nitrogens is 1. The van der Waals surface area contributed by atoms with E-state index in [2.05, 4.69) is 15.6 Å². The van der Waals surface area contributed by atoms with E-state index < -0.39 is 35.7 Å². The van der Waals surface area contributed by atoms with Crippen LogP contribution in [0, 0.1) is 0 Å². The summed E-state index contributed by atoms with van der Waals surface area (Å²) in [6, 6.07) is 22.2. The topological polar surface area (TPSA) is 118 Å². The van der Waals surface area contributed by atoms with Crippen LogP contribution < -0.4 is 15.5 Å². The van der Waals surface area contributed by atoms with Crippen molar-refractivity contribution in [1.82, 2.24) is 20.1 Å². The van der Waals surface area contributed by atoms with Crippen LogP contribution in [0.5, 0.6) is 0 Å². The molecule has 0 aliphatic carbocycles. The number of rotatable bonds is 8. The molecule has 0 saturated carbocycles. The van der Waals surface area contributed by atoms with Crippen LogP contribution in [-0.4, -0.2) is 71.8 Å². The van der Waals surface area contributed by atoms with Gasteiger partial charge in [-0.15, -0.1) is 0 Å². The molecular weight excluding hydrogens is 532 g/mol. The number of nitrogens with one attached hydrogen (secondary N) is 3. The number of urea groups is 1. The Balaban J connectivity index is 1.38. The van der Waals surface area contributed by atoms with E-state index in [0.717, 1.165) is 31.8 Å². The molecule has 216 valence electrons. The maximum Gasteiger partial charge on any atom is 0.319 e. The largest absolute Gasteiger partial charge is 0.361 e. The van der Waals surface area contributed by atoms with E-state index in [1.807, 2.05) is 74.6 Å². The highest BCUT2D eigenvalue weighted by atomic mass is 16.2. The normalized spacial score (nSPS) is 15.1. The van der Waals surface area contributed by atoms with Crippen molar-refractivity contribution in [3.05, 3.63) is 96.2 Å². The van der Waals surface area contributed by atoms with Crippen molar-refractivity contribution in [3.8, 4) is 0 Å². The molecule has 0 bridgehead atoms. The van der Waals surface area contributed by atoms with Crippen molar-refractivity contribution in [2.75, 3.05) is 37.4 Å². The highest BCUT2D eigenvalue weighted by molar-refractivity contribution is 6.19. The fourth-order valence-corrected chi connectivity index (χ4v) is 5.30. The average Bonchev–Trinajstić information content (AvgIpc) is 3.40. The molecule has 2 atom stereocenters. The number of hydrogen-bond acceptors (Lipinski definition) is 5. The first-order valence-corrected chi connectivity index (χ1v) is 13.8. The van der Waals surface area contributed by atoms with Gasteiger partial charge in [0.05, 0.1) is 5.69 Å². The number of carbonyl (C=O) groups excluding carboxylic acids is 4. The third kappa shape index (κ3) is 6.18. The average molecular weight is 567 g/mol. The molecule has 5 amide bonds. The first-order valence-electron chi connectivity index (χ1n) is 13.8. The Morgan fingerprint density at radius 2 is 1.62 bits per heavy atom. The van der Waals surface area contributed by atoms with Crippen LogP contribution in [0.3, 0.4) is 0 Å². The molecule has 4 aromatic rings. The van der Waals surface area contributed by atoms with Crippen LogP contribution in [0.25, 0.3) is 10.9 Å². The summed E-state index contributed by atoms with van der Waals surface area (Å²) >= 11 is 0. The van der Waals surface area contributed by atoms with E-state index in [9.17, 15) is 19.2 Å². The smallest absolute Gasteiger partial charge is 0.319 e. The Bertz CT molecular complexity index is 1600. The number of fused-ring (bicyclic) bond motifs is 1. The fraction of sp³-hybridized carbons (Fsp3) is 0.250. The van der Waals surface area contributed by atoms with Crippen molar-refractivity contribution in [3.63, 3.8) is 0 Å². The summed E-state index contributed by atoms with van der Waals surface area (Å²) in [7, 11) is 3.93. The van der Waals surface area contributed by atoms with Gasteiger partial charge in [-0.05, 0) is 55.6 Å². The van der Waals surface area contributed by atoms with Crippen LogP contribution in [0.1, 0.15) is 24.0 Å². The molecular formula is C32H34N6O4. The number of imide groups is 1. The maximum absolute atomic E-state index is 13.8. The number of amides is 5. The number of benzene rings is 3. The summed E-state index contributed by atoms with van der Waals surface area (Å²) in [4.78, 5) is 60.7. The lowest BCUT2D eigenvalue weighted by Gasteiger charge is -2.34. The number of hydrogen-bond donors (Lipinski definition) is 3. The van der Waals surface area contributed by atoms with Crippen LogP contribution in [0.2, 0.25) is 0 Å². The monoisotopic (exact) mass is 566 g/mol. The summed E-state index contributed by atoms with van der Waals surface area (Å²) in [6.07, 6.45) is 1.84. The number of piperazine rings is 1. The van der Waals surface area contributed by atoms with Crippen LogP contribution in [-0.2, 0) is 20.9 Å². The number of carbonyl (C=O) groups is 4. The molecule has 5 rings (SSSR count). The molecule has 42 heavy (non-hydrogen) atoms. The lowest BCUT2D eigenvalue weighted by molar-refractivity contribution is -0.130. The first-order chi connectivity index (χ1) is 20.2. The lowest BCUT2D eigenvalue weighted by atomic mass is 9.92. The zero-order valence-electron chi connectivity index (χ0n) is 23.8. The molecule has 2 unspecified atom stereocenters. The Labute approximate surface area is 244 Å². The predicted molar refractivity (Wildman–Crippen MR) is 162 cm³/mol. The first kappa shape index (κ1) is 28.6. The molecule has 3 N–H and O–H groups in total. The molecule has 10 nitrogen and oxygen atoms in total. The summed E-state index contributed by atoms with van der Waals surface area (Å²) in [5, 5.41) is 6.73. The van der Waals surface area contributed by atoms with Gasteiger partial charge >= 0.3 is 6.03 Å². The molecule has 2 heterocycles. The van der Waals surface area contributed by atoms with Gasteiger partial charge in [0.15, 0.2) is 0 Å². The summed E-state index contributed by atoms with van der Waals surface area (Å²) < 4.78 is 0. The van der Waals surface area contributed by atoms with E-state index >= 15 is 0 Å². The maximum atomic E-state index is 13.8. The van der Waals surface area contributed by atoms with E-state index in [1.165, 1.54) is 0 Å². The van der Waals surface area contributed by atoms with Gasteiger partial charge in [0.25, 0.3) is 11.8 Å². The molecule has 0 spiro atoms. The Kier molecular flexibility index (Phi) is 8.35. The van der Waals surface area contributed by atoms with Crippen molar-refractivity contribution in [1.29, 1.82) is 0 Å². The summed E-state index contributed by atoms with van der Waals surface area (Å²) in [5.41, 5.74) is 3.85. The quantitative estimate of drug-likeness (QED) is 0.280. The Hall–Kier alpha value is -4.96. The van der Waals surface area contributed by atoms with Gasteiger partial charge in [0.2, 0.25) is 5.91 Å². The Morgan fingerprint density at radius 3 is 2.33 bits per heavy atom. The molecule has 1 fully saturated rings. The van der Waals surface area contributed by atoms with E-state index in [-0.39, 0.29) is 13.1 Å². The number of aromatic nitrogens is 1. The van der Waals surface area contributed by atoms with Crippen LogP contribution in [0.15, 0.2) is 85.1 Å². The Morgan fingerprint density at radius 1 is 0.929 bits per heavy atom. The van der Waals surface area contributed by atoms with Gasteiger partial charge in [-0.1, -0.05) is 55.5 Å². The zero-order chi connectivity index (χ0) is 29.8. The van der Waals surface area contributed by atoms with E-state index in [4.69, 9.17) is 0 Å². The van der Waals surface area contributed by atoms with Crippen molar-refractivity contribution < 1.29 is 19.2 Å². The molecule has 1 aromatic heterocycles. The second-order valence-electron chi connectivity index (χ2n) is 10.7. The van der Waals surface area contributed by atoms with E-state index in [1.54, 1.807) is 36.4 Å². The summed E-state index contributed by atoms with van der Waals surface area (Å²) in [5.74, 6) is -1.90. The zero-order valence-corrected chi connectivity index (χ0v) is 23.8. The van der Waals surface area contributed by atoms with Gasteiger partial charge in [-0.3, -0.25) is 14.4 Å². The van der Waals surface area contributed by atoms with Gasteiger partial charge in [-0.2, -0.15) is 0 Å². The highest BCUT2D eigenvalue weighted by Crippen LogP contribution is 2.29. The molecule has 0 radical (unpaired) electrons.